The number of aliphatic hydroxyl groups excluding tert-OH is 1. The van der Waals surface area contributed by atoms with E-state index in [1.54, 1.807) is 30.3 Å². The van der Waals surface area contributed by atoms with Crippen LogP contribution >= 0.6 is 7.75 Å². The predicted molar refractivity (Wildman–Crippen MR) is 128 cm³/mol. The normalized spacial score (nSPS) is 24.4. The zero-order valence-electron chi connectivity index (χ0n) is 19.5. The topological polar surface area (TPSA) is 164 Å². The molecule has 1 aromatic carbocycles. The molecular formula is C22H26FN6O6P. The van der Waals surface area contributed by atoms with Gasteiger partial charge in [-0.1, -0.05) is 24.8 Å². The standard InChI is InChI=1S/C22H26FN6O6P/c1-12-15(19(30)16(23)18(12)29-11-27-17-20(24)25-10-26-21(17)29)9-34-36(32,28-13(2)22(31)33-3)35-14-7-5-4-6-8-14/h4-8,10-11,13,15-16,18-19,30H,1,9H2,2-3H3,(H,28,32)(H2,24,25,26)/t13-,15-,16+,18?,19+,36?/m0/s1. The average molecular weight is 520 g/mol. The smallest absolute Gasteiger partial charge is 0.459 e. The van der Waals surface area contributed by atoms with E-state index in [2.05, 4.69) is 31.4 Å². The summed E-state index contributed by atoms with van der Waals surface area (Å²) in [5.41, 5.74) is 6.65. The Labute approximate surface area is 205 Å². The third-order valence-electron chi connectivity index (χ3n) is 5.88. The van der Waals surface area contributed by atoms with Crippen molar-refractivity contribution in [2.45, 2.75) is 31.3 Å². The van der Waals surface area contributed by atoms with E-state index in [1.807, 2.05) is 0 Å². The molecule has 2 unspecified atom stereocenters. The maximum atomic E-state index is 15.3. The van der Waals surface area contributed by atoms with Crippen LogP contribution < -0.4 is 15.3 Å². The minimum Gasteiger partial charge on any atom is -0.468 e. The van der Waals surface area contributed by atoms with Gasteiger partial charge in [-0.2, -0.15) is 5.09 Å². The molecule has 6 atom stereocenters. The number of rotatable bonds is 9. The molecule has 4 N–H and O–H groups in total. The molecule has 12 nitrogen and oxygen atoms in total. The number of aromatic nitrogens is 4. The highest BCUT2D eigenvalue weighted by atomic mass is 31.2. The first-order valence-electron chi connectivity index (χ1n) is 10.9. The number of nitrogens with two attached hydrogens (primary N) is 1. The number of esters is 1. The molecule has 0 saturated heterocycles. The van der Waals surface area contributed by atoms with Gasteiger partial charge in [0, 0.05) is 5.92 Å². The lowest BCUT2D eigenvalue weighted by molar-refractivity contribution is -0.142. The lowest BCUT2D eigenvalue weighted by Crippen LogP contribution is -2.35. The predicted octanol–water partition coefficient (Wildman–Crippen LogP) is 2.19. The van der Waals surface area contributed by atoms with Crippen LogP contribution in [-0.2, 0) is 18.6 Å². The number of fused-ring (bicyclic) bond motifs is 1. The molecule has 1 aliphatic rings. The van der Waals surface area contributed by atoms with Crippen molar-refractivity contribution in [3.05, 3.63) is 55.1 Å². The number of alkyl halides is 1. The number of nitrogen functional groups attached to an aromatic ring is 1. The molecule has 0 amide bonds. The van der Waals surface area contributed by atoms with Crippen LogP contribution in [0.1, 0.15) is 13.0 Å². The maximum Gasteiger partial charge on any atom is 0.459 e. The Hall–Kier alpha value is -3.38. The number of hydrogen-bond donors (Lipinski definition) is 3. The monoisotopic (exact) mass is 520 g/mol. The molecule has 4 rings (SSSR count). The molecule has 1 saturated carbocycles. The Morgan fingerprint density at radius 3 is 2.75 bits per heavy atom. The fourth-order valence-electron chi connectivity index (χ4n) is 4.02. The van der Waals surface area contributed by atoms with Crippen LogP contribution in [0.5, 0.6) is 5.75 Å². The molecule has 2 heterocycles. The van der Waals surface area contributed by atoms with Crippen LogP contribution in [0.25, 0.3) is 11.2 Å². The number of hydrogen-bond acceptors (Lipinski definition) is 10. The summed E-state index contributed by atoms with van der Waals surface area (Å²) in [6.45, 7) is 4.96. The van der Waals surface area contributed by atoms with E-state index in [0.717, 1.165) is 0 Å². The highest BCUT2D eigenvalue weighted by molar-refractivity contribution is 7.52. The van der Waals surface area contributed by atoms with Crippen molar-refractivity contribution in [2.75, 3.05) is 19.5 Å². The second kappa shape index (κ2) is 10.3. The Morgan fingerprint density at radius 1 is 1.33 bits per heavy atom. The number of aliphatic hydroxyl groups is 1. The molecule has 0 radical (unpaired) electrons. The number of anilines is 1. The molecule has 14 heteroatoms. The highest BCUT2D eigenvalue weighted by Crippen LogP contribution is 2.48. The highest BCUT2D eigenvalue weighted by Gasteiger charge is 2.48. The second-order valence-corrected chi connectivity index (χ2v) is 9.91. The fraction of sp³-hybridized carbons (Fsp3) is 0.364. The summed E-state index contributed by atoms with van der Waals surface area (Å²) in [5.74, 6) is -1.33. The summed E-state index contributed by atoms with van der Waals surface area (Å²) in [6, 6.07) is 6.08. The van der Waals surface area contributed by atoms with E-state index < -0.39 is 50.6 Å². The Kier molecular flexibility index (Phi) is 7.36. The summed E-state index contributed by atoms with van der Waals surface area (Å²) in [4.78, 5) is 24.0. The minimum absolute atomic E-state index is 0.128. The zero-order valence-corrected chi connectivity index (χ0v) is 20.4. The number of nitrogens with zero attached hydrogens (tertiary/aromatic N) is 4. The number of imidazole rings is 1. The first-order valence-corrected chi connectivity index (χ1v) is 12.5. The van der Waals surface area contributed by atoms with Crippen LogP contribution in [0, 0.1) is 5.92 Å². The van der Waals surface area contributed by atoms with Crippen molar-refractivity contribution in [1.29, 1.82) is 0 Å². The molecule has 1 fully saturated rings. The van der Waals surface area contributed by atoms with E-state index in [1.165, 1.54) is 31.3 Å². The first kappa shape index (κ1) is 25.7. The van der Waals surface area contributed by atoms with Gasteiger partial charge in [-0.3, -0.25) is 9.32 Å². The van der Waals surface area contributed by atoms with Gasteiger partial charge in [0.25, 0.3) is 0 Å². The largest absolute Gasteiger partial charge is 0.468 e. The van der Waals surface area contributed by atoms with Crippen molar-refractivity contribution >= 4 is 30.7 Å². The average Bonchev–Trinajstić information content (AvgIpc) is 3.37. The number of para-hydroxylation sites is 1. The molecule has 192 valence electrons. The van der Waals surface area contributed by atoms with Crippen LogP contribution in [0.15, 0.2) is 55.1 Å². The third-order valence-corrected chi connectivity index (χ3v) is 7.53. The van der Waals surface area contributed by atoms with Crippen molar-refractivity contribution in [2.24, 2.45) is 5.92 Å². The van der Waals surface area contributed by atoms with Gasteiger partial charge in [0.05, 0.1) is 32.2 Å². The number of nitrogens with one attached hydrogen (secondary N) is 1. The summed E-state index contributed by atoms with van der Waals surface area (Å²) in [5, 5.41) is 13.2. The number of benzene rings is 1. The quantitative estimate of drug-likeness (QED) is 0.215. The summed E-state index contributed by atoms with van der Waals surface area (Å²) in [6.07, 6.45) is -0.765. The number of halogens is 1. The van der Waals surface area contributed by atoms with Crippen LogP contribution in [0.3, 0.4) is 0 Å². The number of carbonyl (C=O) groups excluding carboxylic acids is 1. The third kappa shape index (κ3) is 4.96. The number of carbonyl (C=O) groups is 1. The minimum atomic E-state index is -4.20. The van der Waals surface area contributed by atoms with Gasteiger partial charge in [0.15, 0.2) is 17.6 Å². The van der Waals surface area contributed by atoms with Gasteiger partial charge in [0.2, 0.25) is 0 Å². The number of methoxy groups -OCH3 is 1. The van der Waals surface area contributed by atoms with Gasteiger partial charge >= 0.3 is 13.7 Å². The molecule has 36 heavy (non-hydrogen) atoms. The Morgan fingerprint density at radius 2 is 2.06 bits per heavy atom. The van der Waals surface area contributed by atoms with Crippen LogP contribution in [-0.4, -0.2) is 62.6 Å². The number of ether oxygens (including phenoxy) is 1. The van der Waals surface area contributed by atoms with E-state index >= 15 is 4.39 Å². The lowest BCUT2D eigenvalue weighted by atomic mass is 10.0. The second-order valence-electron chi connectivity index (χ2n) is 8.22. The van der Waals surface area contributed by atoms with Gasteiger partial charge in [-0.05, 0) is 24.6 Å². The molecule has 0 aliphatic heterocycles. The van der Waals surface area contributed by atoms with E-state index in [4.69, 9.17) is 14.8 Å². The van der Waals surface area contributed by atoms with Crippen molar-refractivity contribution in [1.82, 2.24) is 24.6 Å². The summed E-state index contributed by atoms with van der Waals surface area (Å²) in [7, 11) is -3.01. The lowest BCUT2D eigenvalue weighted by Gasteiger charge is -2.25. The molecule has 3 aromatic rings. The van der Waals surface area contributed by atoms with E-state index in [-0.39, 0.29) is 28.3 Å². The SMILES string of the molecule is C=C1C(n2cnc3c(N)ncnc32)[C@@H](F)[C@H](O)[C@H]1COP(=O)(N[C@@H](C)C(=O)OC)Oc1ccccc1. The summed E-state index contributed by atoms with van der Waals surface area (Å²) < 4.78 is 46.2. The molecule has 0 bridgehead atoms. The van der Waals surface area contributed by atoms with Crippen molar-refractivity contribution in [3.8, 4) is 5.75 Å². The first-order chi connectivity index (χ1) is 17.1. The van der Waals surface area contributed by atoms with E-state index in [0.29, 0.717) is 0 Å². The molecule has 0 spiro atoms. The molecule has 2 aromatic heterocycles. The zero-order chi connectivity index (χ0) is 26.0. The Bertz CT molecular complexity index is 1310. The van der Waals surface area contributed by atoms with E-state index in [9.17, 15) is 14.5 Å². The van der Waals surface area contributed by atoms with Crippen LogP contribution in [0.4, 0.5) is 10.2 Å². The maximum absolute atomic E-state index is 15.3. The summed E-state index contributed by atoms with van der Waals surface area (Å²) >= 11 is 0. The van der Waals surface area contributed by atoms with Gasteiger partial charge in [-0.25, -0.2) is 23.9 Å². The Balaban J connectivity index is 1.56. The fourth-order valence-corrected chi connectivity index (χ4v) is 5.53. The van der Waals surface area contributed by atoms with Crippen LogP contribution in [0.2, 0.25) is 0 Å². The van der Waals surface area contributed by atoms with Gasteiger partial charge < -0.3 is 24.7 Å². The van der Waals surface area contributed by atoms with Gasteiger partial charge in [0.1, 0.15) is 23.6 Å². The van der Waals surface area contributed by atoms with Crippen molar-refractivity contribution in [3.63, 3.8) is 0 Å². The molecule has 1 aliphatic carbocycles. The van der Waals surface area contributed by atoms with Crippen molar-refractivity contribution < 1.29 is 32.6 Å². The van der Waals surface area contributed by atoms with Gasteiger partial charge in [-0.15, -0.1) is 0 Å². The molecular weight excluding hydrogens is 494 g/mol.